The van der Waals surface area contributed by atoms with Gasteiger partial charge in [0.15, 0.2) is 0 Å². The molecule has 1 aromatic rings. The zero-order valence-electron chi connectivity index (χ0n) is 14.8. The van der Waals surface area contributed by atoms with Gasteiger partial charge in [0, 0.05) is 25.7 Å². The average Bonchev–Trinajstić information content (AvgIpc) is 2.53. The van der Waals surface area contributed by atoms with Gasteiger partial charge >= 0.3 is 0 Å². The monoisotopic (exact) mass is 309 g/mol. The molecule has 0 radical (unpaired) electrons. The quantitative estimate of drug-likeness (QED) is 0.570. The molecule has 0 saturated heterocycles. The highest BCUT2D eigenvalue weighted by atomic mass is 16.1. The molecule has 2 rings (SSSR count). The summed E-state index contributed by atoms with van der Waals surface area (Å²) in [4.78, 5) is 13.7. The van der Waals surface area contributed by atoms with Gasteiger partial charge in [0.1, 0.15) is 6.29 Å². The molecule has 1 aliphatic carbocycles. The van der Waals surface area contributed by atoms with Crippen LogP contribution in [0.5, 0.6) is 0 Å². The van der Waals surface area contributed by atoms with Crippen molar-refractivity contribution < 1.29 is 4.79 Å². The SMILES string of the molecule is CC(C)=CC[C@@H]1C(C)=CC=C(C=O)[C@H]1c1ccc(N(C)C)cc1. The van der Waals surface area contributed by atoms with Crippen molar-refractivity contribution in [1.82, 2.24) is 0 Å². The molecule has 0 fully saturated rings. The van der Waals surface area contributed by atoms with Crippen LogP contribution in [0.4, 0.5) is 5.69 Å². The van der Waals surface area contributed by atoms with Crippen LogP contribution in [0, 0.1) is 5.92 Å². The first-order valence-electron chi connectivity index (χ1n) is 8.18. The van der Waals surface area contributed by atoms with Crippen molar-refractivity contribution >= 4 is 12.0 Å². The zero-order chi connectivity index (χ0) is 17.0. The molecule has 0 bridgehead atoms. The van der Waals surface area contributed by atoms with Crippen LogP contribution < -0.4 is 4.90 Å². The third-order valence-electron chi connectivity index (χ3n) is 4.57. The molecule has 0 saturated carbocycles. The molecule has 2 nitrogen and oxygen atoms in total. The van der Waals surface area contributed by atoms with Crippen molar-refractivity contribution in [2.24, 2.45) is 5.92 Å². The first-order valence-corrected chi connectivity index (χ1v) is 8.18. The fraction of sp³-hybridized carbons (Fsp3) is 0.381. The van der Waals surface area contributed by atoms with Gasteiger partial charge in [-0.15, -0.1) is 0 Å². The maximum absolute atomic E-state index is 11.6. The summed E-state index contributed by atoms with van der Waals surface area (Å²) in [6.07, 6.45) is 8.33. The molecule has 2 atom stereocenters. The van der Waals surface area contributed by atoms with Gasteiger partial charge in [-0.25, -0.2) is 0 Å². The van der Waals surface area contributed by atoms with E-state index in [1.807, 2.05) is 20.2 Å². The second kappa shape index (κ2) is 7.45. The van der Waals surface area contributed by atoms with E-state index in [1.165, 1.54) is 22.4 Å². The lowest BCUT2D eigenvalue weighted by Gasteiger charge is -2.31. The number of nitrogens with zero attached hydrogens (tertiary/aromatic N) is 1. The van der Waals surface area contributed by atoms with E-state index in [0.717, 1.165) is 18.3 Å². The van der Waals surface area contributed by atoms with Gasteiger partial charge in [0.25, 0.3) is 0 Å². The number of hydrogen-bond donors (Lipinski definition) is 0. The Balaban J connectivity index is 2.40. The smallest absolute Gasteiger partial charge is 0.146 e. The van der Waals surface area contributed by atoms with Crippen LogP contribution in [-0.4, -0.2) is 20.4 Å². The van der Waals surface area contributed by atoms with Crippen LogP contribution in [0.2, 0.25) is 0 Å². The van der Waals surface area contributed by atoms with Crippen LogP contribution in [-0.2, 0) is 4.79 Å². The lowest BCUT2D eigenvalue weighted by molar-refractivity contribution is -0.105. The Bertz CT molecular complexity index is 643. The fourth-order valence-electron chi connectivity index (χ4n) is 3.15. The van der Waals surface area contributed by atoms with E-state index in [0.29, 0.717) is 5.92 Å². The first-order chi connectivity index (χ1) is 10.9. The van der Waals surface area contributed by atoms with E-state index in [4.69, 9.17) is 0 Å². The molecule has 1 aliphatic rings. The Kier molecular flexibility index (Phi) is 5.59. The molecule has 23 heavy (non-hydrogen) atoms. The molecule has 0 N–H and O–H groups in total. The van der Waals surface area contributed by atoms with Gasteiger partial charge in [0.05, 0.1) is 0 Å². The molecular weight excluding hydrogens is 282 g/mol. The van der Waals surface area contributed by atoms with Crippen LogP contribution in [0.3, 0.4) is 0 Å². The van der Waals surface area contributed by atoms with Crippen molar-refractivity contribution in [3.63, 3.8) is 0 Å². The second-order valence-corrected chi connectivity index (χ2v) is 6.78. The maximum atomic E-state index is 11.6. The number of hydrogen-bond acceptors (Lipinski definition) is 2. The van der Waals surface area contributed by atoms with Crippen molar-refractivity contribution in [1.29, 1.82) is 0 Å². The molecule has 0 aromatic heterocycles. The molecule has 122 valence electrons. The minimum Gasteiger partial charge on any atom is -0.378 e. The van der Waals surface area contributed by atoms with Crippen LogP contribution in [0.1, 0.15) is 38.7 Å². The predicted octanol–water partition coefficient (Wildman–Crippen LogP) is 4.89. The van der Waals surface area contributed by atoms with Crippen molar-refractivity contribution in [2.75, 3.05) is 19.0 Å². The number of allylic oxidation sites excluding steroid dienone is 6. The Labute approximate surface area is 140 Å². The highest BCUT2D eigenvalue weighted by Crippen LogP contribution is 2.41. The number of rotatable bonds is 5. The van der Waals surface area contributed by atoms with Gasteiger partial charge in [-0.2, -0.15) is 0 Å². The number of anilines is 1. The minimum atomic E-state index is 0.143. The lowest BCUT2D eigenvalue weighted by Crippen LogP contribution is -2.20. The topological polar surface area (TPSA) is 20.3 Å². The molecular formula is C21H27NO. The Morgan fingerprint density at radius 3 is 2.30 bits per heavy atom. The normalized spacial score (nSPS) is 20.4. The average molecular weight is 309 g/mol. The summed E-state index contributed by atoms with van der Waals surface area (Å²) in [6, 6.07) is 8.57. The second-order valence-electron chi connectivity index (χ2n) is 6.78. The molecule has 0 aliphatic heterocycles. The summed E-state index contributed by atoms with van der Waals surface area (Å²) in [7, 11) is 4.08. The summed E-state index contributed by atoms with van der Waals surface area (Å²) in [6.45, 7) is 6.42. The summed E-state index contributed by atoms with van der Waals surface area (Å²) >= 11 is 0. The Morgan fingerprint density at radius 1 is 1.13 bits per heavy atom. The summed E-state index contributed by atoms with van der Waals surface area (Å²) < 4.78 is 0. The highest BCUT2D eigenvalue weighted by Gasteiger charge is 2.29. The molecule has 0 unspecified atom stereocenters. The third kappa shape index (κ3) is 4.01. The van der Waals surface area contributed by atoms with E-state index in [-0.39, 0.29) is 5.92 Å². The van der Waals surface area contributed by atoms with Gasteiger partial charge in [0.2, 0.25) is 0 Å². The molecule has 0 heterocycles. The molecule has 2 heteroatoms. The van der Waals surface area contributed by atoms with Crippen LogP contribution in [0.15, 0.2) is 59.2 Å². The number of carbonyl (C=O) groups excluding carboxylic acids is 1. The van der Waals surface area contributed by atoms with E-state index in [9.17, 15) is 4.79 Å². The van der Waals surface area contributed by atoms with Crippen molar-refractivity contribution in [3.05, 3.63) is 64.8 Å². The van der Waals surface area contributed by atoms with E-state index in [1.54, 1.807) is 0 Å². The zero-order valence-corrected chi connectivity index (χ0v) is 14.8. The van der Waals surface area contributed by atoms with Crippen LogP contribution in [0.25, 0.3) is 0 Å². The third-order valence-corrected chi connectivity index (χ3v) is 4.57. The van der Waals surface area contributed by atoms with Crippen LogP contribution >= 0.6 is 0 Å². The maximum Gasteiger partial charge on any atom is 0.146 e. The molecule has 1 aromatic carbocycles. The molecule has 0 amide bonds. The number of aldehydes is 1. The summed E-state index contributed by atoms with van der Waals surface area (Å²) in [5, 5.41) is 0. The van der Waals surface area contributed by atoms with Gasteiger partial charge < -0.3 is 4.90 Å². The standard InChI is InChI=1S/C21H27NO/c1-15(2)6-13-20-16(3)7-8-18(14-23)21(20)17-9-11-19(12-10-17)22(4)5/h6-12,14,20-21H,13H2,1-5H3/t20-,21-/m1/s1. The number of carbonyl (C=O) groups is 1. The van der Waals surface area contributed by atoms with E-state index >= 15 is 0 Å². The Morgan fingerprint density at radius 2 is 1.78 bits per heavy atom. The van der Waals surface area contributed by atoms with Gasteiger partial charge in [-0.1, -0.05) is 41.5 Å². The summed E-state index contributed by atoms with van der Waals surface area (Å²) in [5.74, 6) is 0.490. The Hall–Kier alpha value is -2.09. The van der Waals surface area contributed by atoms with E-state index < -0.39 is 0 Å². The first kappa shape index (κ1) is 17.3. The largest absolute Gasteiger partial charge is 0.378 e. The lowest BCUT2D eigenvalue weighted by atomic mass is 9.72. The van der Waals surface area contributed by atoms with E-state index in [2.05, 4.69) is 62.1 Å². The predicted molar refractivity (Wildman–Crippen MR) is 99.0 cm³/mol. The summed E-state index contributed by atoms with van der Waals surface area (Å²) in [5.41, 5.74) is 5.93. The van der Waals surface area contributed by atoms with Gasteiger partial charge in [-0.3, -0.25) is 4.79 Å². The minimum absolute atomic E-state index is 0.143. The fourth-order valence-corrected chi connectivity index (χ4v) is 3.15. The van der Waals surface area contributed by atoms with Crippen molar-refractivity contribution in [3.8, 4) is 0 Å². The molecule has 0 spiro atoms. The van der Waals surface area contributed by atoms with Gasteiger partial charge in [-0.05, 0) is 56.4 Å². The van der Waals surface area contributed by atoms with Crippen molar-refractivity contribution in [2.45, 2.75) is 33.1 Å². The highest BCUT2D eigenvalue weighted by molar-refractivity contribution is 5.78. The number of benzene rings is 1.